The molecule has 1 rings (SSSR count). The van der Waals surface area contributed by atoms with Gasteiger partial charge in [0, 0.05) is 17.1 Å². The van der Waals surface area contributed by atoms with Crippen LogP contribution in [0.5, 0.6) is 5.75 Å². The first-order valence-corrected chi connectivity index (χ1v) is 7.02. The summed E-state index contributed by atoms with van der Waals surface area (Å²) in [4.78, 5) is 0. The van der Waals surface area contributed by atoms with E-state index in [0.717, 1.165) is 34.9 Å². The summed E-state index contributed by atoms with van der Waals surface area (Å²) >= 11 is 6.08. The monoisotopic (exact) mass is 281 g/mol. The van der Waals surface area contributed by atoms with Crippen LogP contribution >= 0.6 is 11.6 Å². The van der Waals surface area contributed by atoms with Crippen LogP contribution in [-0.2, 0) is 6.42 Å². The van der Waals surface area contributed by atoms with E-state index in [1.165, 1.54) is 0 Å². The highest BCUT2D eigenvalue weighted by atomic mass is 35.5. The van der Waals surface area contributed by atoms with Gasteiger partial charge in [0.1, 0.15) is 12.4 Å². The third-order valence-corrected chi connectivity index (χ3v) is 3.08. The maximum Gasteiger partial charge on any atom is 0.120 e. The third-order valence-electron chi connectivity index (χ3n) is 2.71. The van der Waals surface area contributed by atoms with Crippen LogP contribution in [0.4, 0.5) is 0 Å². The number of benzene rings is 1. The second kappa shape index (κ2) is 6.97. The fraction of sp³-hybridized carbons (Fsp3) is 0.500. The van der Waals surface area contributed by atoms with Crippen LogP contribution in [-0.4, -0.2) is 18.7 Å². The summed E-state index contributed by atoms with van der Waals surface area (Å²) in [5, 5.41) is 4.18. The Labute approximate surface area is 121 Å². The van der Waals surface area contributed by atoms with Crippen molar-refractivity contribution in [2.24, 2.45) is 0 Å². The first-order valence-electron chi connectivity index (χ1n) is 6.64. The Kier molecular flexibility index (Phi) is 5.89. The number of halogens is 1. The van der Waals surface area contributed by atoms with Gasteiger partial charge in [0.25, 0.3) is 0 Å². The number of ether oxygens (including phenoxy) is 1. The molecule has 0 aliphatic heterocycles. The van der Waals surface area contributed by atoms with E-state index in [4.69, 9.17) is 16.3 Å². The molecule has 1 aromatic carbocycles. The molecule has 0 aliphatic rings. The zero-order valence-corrected chi connectivity index (χ0v) is 13.1. The Bertz CT molecular complexity index is 435. The van der Waals surface area contributed by atoms with Gasteiger partial charge in [-0.3, -0.25) is 0 Å². The zero-order valence-electron chi connectivity index (χ0n) is 12.3. The van der Waals surface area contributed by atoms with Gasteiger partial charge in [0.15, 0.2) is 0 Å². The fourth-order valence-corrected chi connectivity index (χ4v) is 1.79. The molecule has 2 nitrogen and oxygen atoms in total. The molecule has 0 unspecified atom stereocenters. The molecule has 0 aromatic heterocycles. The van der Waals surface area contributed by atoms with Crippen LogP contribution in [0.25, 0.3) is 0 Å². The van der Waals surface area contributed by atoms with Crippen molar-refractivity contribution in [2.45, 2.75) is 39.7 Å². The largest absolute Gasteiger partial charge is 0.489 e. The zero-order chi connectivity index (χ0) is 14.5. The Balaban J connectivity index is 2.46. The summed E-state index contributed by atoms with van der Waals surface area (Å²) in [7, 11) is 0. The molecule has 3 heteroatoms. The van der Waals surface area contributed by atoms with Crippen LogP contribution in [0.15, 0.2) is 30.4 Å². The molecule has 19 heavy (non-hydrogen) atoms. The summed E-state index contributed by atoms with van der Waals surface area (Å²) < 4.78 is 5.73. The third kappa shape index (κ3) is 6.13. The average molecular weight is 282 g/mol. The molecule has 0 saturated heterocycles. The molecule has 0 aliphatic carbocycles. The van der Waals surface area contributed by atoms with Crippen molar-refractivity contribution >= 4 is 11.6 Å². The Morgan fingerprint density at radius 1 is 1.37 bits per heavy atom. The van der Waals surface area contributed by atoms with Gasteiger partial charge in [-0.25, -0.2) is 0 Å². The van der Waals surface area contributed by atoms with Gasteiger partial charge in [-0.15, -0.1) is 0 Å². The second-order valence-electron chi connectivity index (χ2n) is 5.75. The minimum atomic E-state index is 0.0958. The Morgan fingerprint density at radius 3 is 2.63 bits per heavy atom. The number of rotatable bonds is 6. The summed E-state index contributed by atoms with van der Waals surface area (Å²) in [5.74, 6) is 0.846. The molecule has 0 saturated carbocycles. The Hall–Kier alpha value is -0.990. The van der Waals surface area contributed by atoms with Gasteiger partial charge >= 0.3 is 0 Å². The van der Waals surface area contributed by atoms with E-state index in [-0.39, 0.29) is 5.54 Å². The van der Waals surface area contributed by atoms with E-state index in [9.17, 15) is 0 Å². The number of nitrogens with one attached hydrogen (secondary N) is 1. The maximum atomic E-state index is 6.08. The quantitative estimate of drug-likeness (QED) is 0.788. The lowest BCUT2D eigenvalue weighted by molar-refractivity contribution is 0.341. The topological polar surface area (TPSA) is 21.3 Å². The lowest BCUT2D eigenvalue weighted by atomic mass is 10.1. The number of hydrogen-bond acceptors (Lipinski definition) is 2. The van der Waals surface area contributed by atoms with Crippen LogP contribution in [0, 0.1) is 0 Å². The SMILES string of the molecule is C=C(CNC(C)(C)C)COc1ccc(Cl)c(CC)c1. The fourth-order valence-electron chi connectivity index (χ4n) is 1.54. The van der Waals surface area contributed by atoms with Gasteiger partial charge in [0.2, 0.25) is 0 Å². The van der Waals surface area contributed by atoms with E-state index in [2.05, 4.69) is 39.6 Å². The predicted molar refractivity (Wildman–Crippen MR) is 83.2 cm³/mol. The maximum absolute atomic E-state index is 6.08. The molecule has 1 aromatic rings. The van der Waals surface area contributed by atoms with Crippen molar-refractivity contribution < 1.29 is 4.74 Å². The number of aryl methyl sites for hydroxylation is 1. The molecule has 0 spiro atoms. The van der Waals surface area contributed by atoms with Crippen molar-refractivity contribution in [3.63, 3.8) is 0 Å². The van der Waals surface area contributed by atoms with E-state index in [1.54, 1.807) is 0 Å². The molecular weight excluding hydrogens is 258 g/mol. The van der Waals surface area contributed by atoms with Crippen molar-refractivity contribution in [2.75, 3.05) is 13.2 Å². The van der Waals surface area contributed by atoms with Crippen molar-refractivity contribution in [1.82, 2.24) is 5.32 Å². The summed E-state index contributed by atoms with van der Waals surface area (Å²) in [5.41, 5.74) is 2.24. The van der Waals surface area contributed by atoms with Crippen LogP contribution in [0.3, 0.4) is 0 Å². The van der Waals surface area contributed by atoms with Gasteiger partial charge in [0.05, 0.1) is 0 Å². The standard InChI is InChI=1S/C16H24ClNO/c1-6-13-9-14(7-8-15(13)17)19-11-12(2)10-18-16(3,4)5/h7-9,18H,2,6,10-11H2,1,3-5H3. The first kappa shape index (κ1) is 16.1. The summed E-state index contributed by atoms with van der Waals surface area (Å²) in [6, 6.07) is 5.77. The molecule has 1 N–H and O–H groups in total. The van der Waals surface area contributed by atoms with E-state index in [1.807, 2.05) is 18.2 Å². The second-order valence-corrected chi connectivity index (χ2v) is 6.16. The minimum Gasteiger partial charge on any atom is -0.489 e. The molecule has 0 atom stereocenters. The van der Waals surface area contributed by atoms with Crippen molar-refractivity contribution in [1.29, 1.82) is 0 Å². The minimum absolute atomic E-state index is 0.0958. The molecule has 0 heterocycles. The van der Waals surface area contributed by atoms with Gasteiger partial charge < -0.3 is 10.1 Å². The lowest BCUT2D eigenvalue weighted by Gasteiger charge is -2.21. The lowest BCUT2D eigenvalue weighted by Crippen LogP contribution is -2.37. The number of hydrogen-bond donors (Lipinski definition) is 1. The van der Waals surface area contributed by atoms with Crippen LogP contribution < -0.4 is 10.1 Å². The molecule has 0 fully saturated rings. The summed E-state index contributed by atoms with van der Waals surface area (Å²) in [6.07, 6.45) is 0.905. The van der Waals surface area contributed by atoms with Crippen LogP contribution in [0.2, 0.25) is 5.02 Å². The highest BCUT2D eigenvalue weighted by molar-refractivity contribution is 6.31. The van der Waals surface area contributed by atoms with E-state index in [0.29, 0.717) is 6.61 Å². The van der Waals surface area contributed by atoms with Gasteiger partial charge in [-0.1, -0.05) is 25.1 Å². The molecule has 0 bridgehead atoms. The van der Waals surface area contributed by atoms with Crippen molar-refractivity contribution in [3.05, 3.63) is 40.9 Å². The molecular formula is C16H24ClNO. The van der Waals surface area contributed by atoms with E-state index >= 15 is 0 Å². The first-order chi connectivity index (χ1) is 8.81. The molecule has 0 radical (unpaired) electrons. The van der Waals surface area contributed by atoms with Gasteiger partial charge in [-0.05, 0) is 56.5 Å². The predicted octanol–water partition coefficient (Wildman–Crippen LogP) is 4.23. The van der Waals surface area contributed by atoms with Crippen molar-refractivity contribution in [3.8, 4) is 5.75 Å². The highest BCUT2D eigenvalue weighted by Crippen LogP contribution is 2.22. The summed E-state index contributed by atoms with van der Waals surface area (Å²) in [6.45, 7) is 13.8. The average Bonchev–Trinajstić information content (AvgIpc) is 2.34. The molecule has 106 valence electrons. The van der Waals surface area contributed by atoms with Gasteiger partial charge in [-0.2, -0.15) is 0 Å². The highest BCUT2D eigenvalue weighted by Gasteiger charge is 2.09. The normalized spacial score (nSPS) is 11.4. The van der Waals surface area contributed by atoms with Crippen LogP contribution in [0.1, 0.15) is 33.3 Å². The van der Waals surface area contributed by atoms with E-state index < -0.39 is 0 Å². The Morgan fingerprint density at radius 2 is 2.05 bits per heavy atom. The molecule has 0 amide bonds. The smallest absolute Gasteiger partial charge is 0.120 e.